The fourth-order valence-electron chi connectivity index (χ4n) is 3.57. The Morgan fingerprint density at radius 2 is 0.319 bits per heavy atom. The summed E-state index contributed by atoms with van der Waals surface area (Å²) in [5.74, 6) is -42.5. The molecule has 1 heterocycles. The third-order valence-corrected chi connectivity index (χ3v) is 16.0. The van der Waals surface area contributed by atoms with E-state index in [1.807, 2.05) is 0 Å². The Labute approximate surface area is 371 Å². The molecule has 0 saturated heterocycles. The molecule has 0 bridgehead atoms. The minimum atomic E-state index is -7.77. The van der Waals surface area contributed by atoms with Crippen molar-refractivity contribution in [3.63, 3.8) is 0 Å². The summed E-state index contributed by atoms with van der Waals surface area (Å²) >= 11 is 0. The van der Waals surface area contributed by atoms with Gasteiger partial charge in [-0.3, -0.25) is 0 Å². The van der Waals surface area contributed by atoms with Gasteiger partial charge in [0.05, 0.1) is 39.6 Å². The third-order valence-electron chi connectivity index (χ3n) is 7.64. The number of halogens is 36. The Morgan fingerprint density at radius 3 is 0.403 bits per heavy atom. The van der Waals surface area contributed by atoms with Crippen LogP contribution in [0, 0.1) is 0 Å². The molecular formula is C24H18F36N3O6P3. The Bertz CT molecular complexity index is 1620. The summed E-state index contributed by atoms with van der Waals surface area (Å²) in [5.41, 5.74) is 0. The standard InChI is InChI=1S/C24H18F36N3O6P3/c25-7(13(31,32)19(43,44)45)1-64-70(65-2-8(26)14(33,34)20(46,47)48)61-71(66-3-9(27)15(35,36)21(49,50)51,67-4-10(28)16(37,38)22(52,53)54)63-72(62-70,68-5-11(29)17(39,40)23(55,56)57)69-6-12(30)18(41,42)24(58,59)60/h7-12H,1-6H2. The summed E-state index contributed by atoms with van der Waals surface area (Å²) in [5, 5.41) is 0. The second-order valence-corrected chi connectivity index (χ2v) is 19.7. The van der Waals surface area contributed by atoms with Gasteiger partial charge < -0.3 is 27.1 Å². The van der Waals surface area contributed by atoms with E-state index in [1.54, 1.807) is 0 Å². The van der Waals surface area contributed by atoms with Gasteiger partial charge in [-0.15, -0.1) is 13.5 Å². The number of rotatable bonds is 24. The quantitative estimate of drug-likeness (QED) is 0.0706. The number of nitrogens with zero attached hydrogens (tertiary/aromatic N) is 3. The third kappa shape index (κ3) is 15.1. The summed E-state index contributed by atoms with van der Waals surface area (Å²) in [7, 11) is -23.3. The van der Waals surface area contributed by atoms with Gasteiger partial charge in [0.2, 0.25) is 0 Å². The molecule has 9 nitrogen and oxygen atoms in total. The average Bonchev–Trinajstić information content (AvgIpc) is 3.18. The monoisotopic (exact) mass is 1220 g/mol. The average molecular weight is 1220 g/mol. The van der Waals surface area contributed by atoms with Gasteiger partial charge in [0.15, 0.2) is 37.0 Å². The van der Waals surface area contributed by atoms with Crippen molar-refractivity contribution in [2.75, 3.05) is 39.6 Å². The first-order chi connectivity index (χ1) is 31.4. The fraction of sp³-hybridized carbons (Fsp3) is 1.00. The molecule has 0 fully saturated rings. The lowest BCUT2D eigenvalue weighted by Crippen LogP contribution is -2.47. The van der Waals surface area contributed by atoms with Crippen LogP contribution in [0.1, 0.15) is 0 Å². The molecule has 6 atom stereocenters. The SMILES string of the molecule is FC(COP1(OCC(F)C(F)(F)C(F)(F)F)=NP(OCC(F)C(F)(F)C(F)(F)F)(OCC(F)C(F)(F)C(F)(F)F)=NP(OCC(F)C(F)(F)C(F)(F)F)(OCC(F)C(F)(F)C(F)(F)F)=N1)C(F)(F)C(F)(F)F. The van der Waals surface area contributed by atoms with Crippen LogP contribution in [0.2, 0.25) is 0 Å². The highest BCUT2D eigenvalue weighted by molar-refractivity contribution is 7.78. The molecule has 0 aliphatic carbocycles. The van der Waals surface area contributed by atoms with Gasteiger partial charge in [0.25, 0.3) is 0 Å². The topological polar surface area (TPSA) is 92.5 Å². The van der Waals surface area contributed by atoms with E-state index >= 15 is 0 Å². The van der Waals surface area contributed by atoms with Crippen LogP contribution in [-0.2, 0) is 27.1 Å². The molecule has 432 valence electrons. The Hall–Kier alpha value is -2.07. The van der Waals surface area contributed by atoms with E-state index in [-0.39, 0.29) is 0 Å². The molecule has 1 rings (SSSR count). The summed E-state index contributed by atoms with van der Waals surface area (Å²) in [6.45, 7) is -22.1. The van der Waals surface area contributed by atoms with E-state index in [1.165, 1.54) is 0 Å². The molecule has 1 aliphatic heterocycles. The second kappa shape index (κ2) is 21.8. The van der Waals surface area contributed by atoms with Crippen molar-refractivity contribution in [3.05, 3.63) is 0 Å². The Morgan fingerprint density at radius 1 is 0.222 bits per heavy atom. The van der Waals surface area contributed by atoms with Gasteiger partial charge in [0.1, 0.15) is 0 Å². The lowest BCUT2D eigenvalue weighted by Gasteiger charge is -2.36. The maximum atomic E-state index is 14.6. The van der Waals surface area contributed by atoms with Crippen LogP contribution < -0.4 is 0 Å². The molecule has 0 aromatic heterocycles. The Kier molecular flexibility index (Phi) is 20.5. The van der Waals surface area contributed by atoms with Crippen molar-refractivity contribution >= 4 is 23.0 Å². The lowest BCUT2D eigenvalue weighted by molar-refractivity contribution is -0.306. The maximum Gasteiger partial charge on any atom is 0.456 e. The molecule has 72 heavy (non-hydrogen) atoms. The first-order valence-corrected chi connectivity index (χ1v) is 21.3. The van der Waals surface area contributed by atoms with Crippen molar-refractivity contribution in [1.82, 2.24) is 0 Å². The smallest absolute Gasteiger partial charge is 0.303 e. The Balaban J connectivity index is 4.97. The molecule has 0 saturated carbocycles. The van der Waals surface area contributed by atoms with E-state index in [0.29, 0.717) is 0 Å². The van der Waals surface area contributed by atoms with Crippen LogP contribution in [0.4, 0.5) is 158 Å². The van der Waals surface area contributed by atoms with Crippen LogP contribution in [0.25, 0.3) is 0 Å². The van der Waals surface area contributed by atoms with Crippen LogP contribution >= 0.6 is 23.0 Å². The summed E-state index contributed by atoms with van der Waals surface area (Å²) in [4.78, 5) is 0. The van der Waals surface area contributed by atoms with Crippen LogP contribution in [-0.4, -0.2) is 149 Å². The van der Waals surface area contributed by atoms with Crippen molar-refractivity contribution in [1.29, 1.82) is 0 Å². The molecule has 0 aromatic carbocycles. The van der Waals surface area contributed by atoms with Crippen LogP contribution in [0.15, 0.2) is 13.5 Å². The lowest BCUT2D eigenvalue weighted by atomic mass is 10.2. The van der Waals surface area contributed by atoms with Gasteiger partial charge in [-0.05, 0) is 0 Å². The van der Waals surface area contributed by atoms with Crippen molar-refractivity contribution in [2.45, 2.75) is 110 Å². The first kappa shape index (κ1) is 67.9. The molecule has 6 unspecified atom stereocenters. The summed E-state index contributed by atoms with van der Waals surface area (Å²) in [6, 6.07) is 0. The molecule has 0 amide bonds. The van der Waals surface area contributed by atoms with E-state index in [9.17, 15) is 158 Å². The van der Waals surface area contributed by atoms with Gasteiger partial charge in [-0.1, -0.05) is 0 Å². The minimum absolute atomic E-state index is 2.19. The zero-order chi connectivity index (χ0) is 57.6. The minimum Gasteiger partial charge on any atom is -0.303 e. The number of alkyl halides is 36. The predicted octanol–water partition coefficient (Wildman–Crippen LogP) is 15.2. The van der Waals surface area contributed by atoms with Crippen LogP contribution in [0.3, 0.4) is 0 Å². The van der Waals surface area contributed by atoms with Crippen molar-refractivity contribution in [3.8, 4) is 0 Å². The summed E-state index contributed by atoms with van der Waals surface area (Å²) < 4.78 is 517. The number of hydrogen-bond donors (Lipinski definition) is 0. The molecule has 0 N–H and O–H groups in total. The zero-order valence-electron chi connectivity index (χ0n) is 32.4. The normalized spacial score (nSPS) is 24.7. The molecule has 1 aliphatic rings. The largest absolute Gasteiger partial charge is 0.456 e. The predicted molar refractivity (Wildman–Crippen MR) is 159 cm³/mol. The van der Waals surface area contributed by atoms with E-state index in [0.717, 1.165) is 0 Å². The fourth-order valence-corrected chi connectivity index (χ4v) is 13.0. The highest BCUT2D eigenvalue weighted by Gasteiger charge is 2.69. The van der Waals surface area contributed by atoms with E-state index in [2.05, 4.69) is 40.7 Å². The van der Waals surface area contributed by atoms with Crippen molar-refractivity contribution < 1.29 is 185 Å². The summed E-state index contributed by atoms with van der Waals surface area (Å²) in [6.07, 6.45) is -76.5. The molecule has 0 spiro atoms. The van der Waals surface area contributed by atoms with E-state index in [4.69, 9.17) is 0 Å². The van der Waals surface area contributed by atoms with E-state index < -0.39 is 172 Å². The molecule has 0 aromatic rings. The molecular weight excluding hydrogens is 1200 g/mol. The van der Waals surface area contributed by atoms with Gasteiger partial charge >= 0.3 is 95.6 Å². The molecule has 0 radical (unpaired) electrons. The van der Waals surface area contributed by atoms with Gasteiger partial charge in [-0.25, -0.2) is 26.3 Å². The highest BCUT2D eigenvalue weighted by Crippen LogP contribution is 2.81. The van der Waals surface area contributed by atoms with Crippen LogP contribution in [0.5, 0.6) is 0 Å². The molecule has 48 heteroatoms. The van der Waals surface area contributed by atoms with Gasteiger partial charge in [-0.2, -0.15) is 132 Å². The second-order valence-electron chi connectivity index (χ2n) is 13.0. The highest BCUT2D eigenvalue weighted by atomic mass is 31.3. The van der Waals surface area contributed by atoms with Crippen molar-refractivity contribution in [2.24, 2.45) is 13.5 Å². The number of hydrogen-bond acceptors (Lipinski definition) is 9. The van der Waals surface area contributed by atoms with Gasteiger partial charge in [0, 0.05) is 0 Å². The first-order valence-electron chi connectivity index (χ1n) is 16.7. The zero-order valence-corrected chi connectivity index (χ0v) is 35.1. The maximum absolute atomic E-state index is 14.6.